The Morgan fingerprint density at radius 3 is 2.14 bits per heavy atom. The first-order valence-corrected chi connectivity index (χ1v) is 6.43. The van der Waals surface area contributed by atoms with Crippen LogP contribution in [-0.4, -0.2) is 16.2 Å². The molecular formula is C16H16FNO3. The summed E-state index contributed by atoms with van der Waals surface area (Å²) in [5, 5.41) is 22.0. The summed E-state index contributed by atoms with van der Waals surface area (Å²) in [6, 6.07) is 7.74. The Balaban J connectivity index is 2.35. The first kappa shape index (κ1) is 14.8. The molecule has 2 aromatic carbocycles. The highest BCUT2D eigenvalue weighted by Gasteiger charge is 2.21. The van der Waals surface area contributed by atoms with Gasteiger partial charge in [0.05, 0.1) is 0 Å². The van der Waals surface area contributed by atoms with Gasteiger partial charge in [-0.25, -0.2) is 9.18 Å². The largest absolute Gasteiger partial charge is 0.507 e. The number of anilines is 1. The van der Waals surface area contributed by atoms with Crippen molar-refractivity contribution in [1.29, 1.82) is 0 Å². The molecular weight excluding hydrogens is 273 g/mol. The lowest BCUT2D eigenvalue weighted by molar-refractivity contribution is -0.138. The van der Waals surface area contributed by atoms with Gasteiger partial charge < -0.3 is 15.5 Å². The van der Waals surface area contributed by atoms with Crippen LogP contribution in [0.4, 0.5) is 10.1 Å². The lowest BCUT2D eigenvalue weighted by Gasteiger charge is -2.18. The summed E-state index contributed by atoms with van der Waals surface area (Å²) in [5.41, 5.74) is 2.25. The maximum absolute atomic E-state index is 12.9. The third kappa shape index (κ3) is 3.31. The number of phenols is 1. The minimum atomic E-state index is -1.05. The summed E-state index contributed by atoms with van der Waals surface area (Å²) in [4.78, 5) is 11.5. The van der Waals surface area contributed by atoms with E-state index < -0.39 is 12.0 Å². The van der Waals surface area contributed by atoms with E-state index in [1.165, 1.54) is 24.3 Å². The zero-order chi connectivity index (χ0) is 15.6. The van der Waals surface area contributed by atoms with Crippen LogP contribution in [0.1, 0.15) is 22.7 Å². The van der Waals surface area contributed by atoms with Gasteiger partial charge in [0.1, 0.15) is 11.6 Å². The molecule has 5 heteroatoms. The summed E-state index contributed by atoms with van der Waals surface area (Å²) in [6.45, 7) is 3.42. The van der Waals surface area contributed by atoms with Crippen LogP contribution >= 0.6 is 0 Å². The van der Waals surface area contributed by atoms with Crippen molar-refractivity contribution >= 4 is 11.7 Å². The summed E-state index contributed by atoms with van der Waals surface area (Å²) in [7, 11) is 0. The summed E-state index contributed by atoms with van der Waals surface area (Å²) in [5.74, 6) is -1.28. The molecule has 0 aliphatic carbocycles. The number of aromatic hydroxyl groups is 1. The molecule has 0 fully saturated rings. The van der Waals surface area contributed by atoms with E-state index in [0.29, 0.717) is 22.4 Å². The molecule has 2 rings (SSSR count). The molecule has 1 atom stereocenters. The van der Waals surface area contributed by atoms with Crippen LogP contribution in [0, 0.1) is 19.7 Å². The molecule has 0 aliphatic rings. The first-order valence-electron chi connectivity index (χ1n) is 6.43. The standard InChI is InChI=1S/C16H16FNO3/c1-9-7-11(8-10(2)15(9)19)14(16(20)21)18-13-5-3-12(17)4-6-13/h3-8,14,18-19H,1-2H3,(H,20,21). The van der Waals surface area contributed by atoms with Crippen LogP contribution in [0.2, 0.25) is 0 Å². The SMILES string of the molecule is Cc1cc(C(Nc2ccc(F)cc2)C(=O)O)cc(C)c1O. The number of hydrogen-bond acceptors (Lipinski definition) is 3. The molecule has 110 valence electrons. The predicted octanol–water partition coefficient (Wildman–Crippen LogP) is 3.39. The molecule has 4 nitrogen and oxygen atoms in total. The molecule has 0 aliphatic heterocycles. The molecule has 0 heterocycles. The number of benzene rings is 2. The number of hydrogen-bond donors (Lipinski definition) is 3. The number of carbonyl (C=O) groups is 1. The minimum Gasteiger partial charge on any atom is -0.507 e. The maximum Gasteiger partial charge on any atom is 0.330 e. The van der Waals surface area contributed by atoms with Gasteiger partial charge in [0.2, 0.25) is 0 Å². The Labute approximate surface area is 121 Å². The average molecular weight is 289 g/mol. The monoisotopic (exact) mass is 289 g/mol. The van der Waals surface area contributed by atoms with Crippen LogP contribution in [0.25, 0.3) is 0 Å². The van der Waals surface area contributed by atoms with E-state index in [2.05, 4.69) is 5.32 Å². The highest BCUT2D eigenvalue weighted by atomic mass is 19.1. The molecule has 0 radical (unpaired) electrons. The van der Waals surface area contributed by atoms with Crippen molar-refractivity contribution in [2.24, 2.45) is 0 Å². The van der Waals surface area contributed by atoms with Crippen molar-refractivity contribution in [3.8, 4) is 5.75 Å². The smallest absolute Gasteiger partial charge is 0.330 e. The summed E-state index contributed by atoms with van der Waals surface area (Å²) in [6.07, 6.45) is 0. The van der Waals surface area contributed by atoms with Gasteiger partial charge in [-0.15, -0.1) is 0 Å². The fourth-order valence-corrected chi connectivity index (χ4v) is 2.16. The van der Waals surface area contributed by atoms with E-state index in [1.807, 2.05) is 0 Å². The molecule has 21 heavy (non-hydrogen) atoms. The van der Waals surface area contributed by atoms with E-state index in [9.17, 15) is 19.4 Å². The van der Waals surface area contributed by atoms with Crippen LogP contribution in [0.5, 0.6) is 5.75 Å². The number of phenolic OH excluding ortho intramolecular Hbond substituents is 1. The number of aliphatic carboxylic acids is 1. The lowest BCUT2D eigenvalue weighted by Crippen LogP contribution is -2.20. The highest BCUT2D eigenvalue weighted by Crippen LogP contribution is 2.28. The second-order valence-corrected chi connectivity index (χ2v) is 4.93. The van der Waals surface area contributed by atoms with Crippen molar-refractivity contribution in [3.63, 3.8) is 0 Å². The molecule has 2 aromatic rings. The Kier molecular flexibility index (Phi) is 4.12. The topological polar surface area (TPSA) is 69.6 Å². The number of rotatable bonds is 4. The lowest BCUT2D eigenvalue weighted by atomic mass is 10.00. The zero-order valence-electron chi connectivity index (χ0n) is 11.7. The fraction of sp³-hybridized carbons (Fsp3) is 0.188. The van der Waals surface area contributed by atoms with Gasteiger partial charge in [-0.3, -0.25) is 0 Å². The van der Waals surface area contributed by atoms with Gasteiger partial charge in [-0.2, -0.15) is 0 Å². The van der Waals surface area contributed by atoms with E-state index in [4.69, 9.17) is 0 Å². The third-order valence-electron chi connectivity index (χ3n) is 3.25. The van der Waals surface area contributed by atoms with Crippen molar-refractivity contribution in [2.75, 3.05) is 5.32 Å². The summed E-state index contributed by atoms with van der Waals surface area (Å²) < 4.78 is 12.9. The average Bonchev–Trinajstić information content (AvgIpc) is 2.43. The first-order chi connectivity index (χ1) is 9.88. The second-order valence-electron chi connectivity index (χ2n) is 4.93. The van der Waals surface area contributed by atoms with Crippen molar-refractivity contribution in [3.05, 3.63) is 58.9 Å². The van der Waals surface area contributed by atoms with Gasteiger partial charge in [0.25, 0.3) is 0 Å². The van der Waals surface area contributed by atoms with Crippen molar-refractivity contribution in [2.45, 2.75) is 19.9 Å². The quantitative estimate of drug-likeness (QED) is 0.807. The Morgan fingerprint density at radius 1 is 1.14 bits per heavy atom. The van der Waals surface area contributed by atoms with Gasteiger partial charge in [-0.05, 0) is 66.9 Å². The zero-order valence-corrected chi connectivity index (χ0v) is 11.7. The molecule has 1 unspecified atom stereocenters. The molecule has 3 N–H and O–H groups in total. The maximum atomic E-state index is 12.9. The van der Waals surface area contributed by atoms with Crippen molar-refractivity contribution < 1.29 is 19.4 Å². The number of aryl methyl sites for hydroxylation is 2. The molecule has 0 saturated heterocycles. The Morgan fingerprint density at radius 2 is 1.67 bits per heavy atom. The van der Waals surface area contributed by atoms with Crippen LogP contribution in [0.15, 0.2) is 36.4 Å². The van der Waals surface area contributed by atoms with E-state index in [0.717, 1.165) is 0 Å². The Hall–Kier alpha value is -2.56. The number of carboxylic acids is 1. The van der Waals surface area contributed by atoms with Crippen LogP contribution < -0.4 is 5.32 Å². The number of nitrogens with one attached hydrogen (secondary N) is 1. The molecule has 0 spiro atoms. The normalized spacial score (nSPS) is 12.0. The van der Waals surface area contributed by atoms with Gasteiger partial charge in [0.15, 0.2) is 6.04 Å². The predicted molar refractivity (Wildman–Crippen MR) is 78.0 cm³/mol. The highest BCUT2D eigenvalue weighted by molar-refractivity contribution is 5.79. The fourth-order valence-electron chi connectivity index (χ4n) is 2.16. The van der Waals surface area contributed by atoms with Gasteiger partial charge >= 0.3 is 5.97 Å². The third-order valence-corrected chi connectivity index (χ3v) is 3.25. The van der Waals surface area contributed by atoms with Crippen molar-refractivity contribution in [1.82, 2.24) is 0 Å². The van der Waals surface area contributed by atoms with Crippen LogP contribution in [-0.2, 0) is 4.79 Å². The molecule has 0 amide bonds. The Bertz CT molecular complexity index is 645. The van der Waals surface area contributed by atoms with Gasteiger partial charge in [-0.1, -0.05) is 0 Å². The molecule has 0 bridgehead atoms. The minimum absolute atomic E-state index is 0.157. The molecule has 0 aromatic heterocycles. The summed E-state index contributed by atoms with van der Waals surface area (Å²) >= 11 is 0. The second kappa shape index (κ2) is 5.83. The van der Waals surface area contributed by atoms with Crippen LogP contribution in [0.3, 0.4) is 0 Å². The van der Waals surface area contributed by atoms with Gasteiger partial charge in [0, 0.05) is 5.69 Å². The molecule has 0 saturated carbocycles. The van der Waals surface area contributed by atoms with E-state index >= 15 is 0 Å². The number of carboxylic acid groups (broad SMARTS) is 1. The van der Waals surface area contributed by atoms with E-state index in [-0.39, 0.29) is 11.6 Å². The number of halogens is 1. The van der Waals surface area contributed by atoms with E-state index in [1.54, 1.807) is 26.0 Å².